The summed E-state index contributed by atoms with van der Waals surface area (Å²) in [6, 6.07) is 17.4. The van der Waals surface area contributed by atoms with E-state index in [1.807, 2.05) is 24.3 Å². The van der Waals surface area contributed by atoms with Gasteiger partial charge < -0.3 is 9.47 Å². The predicted molar refractivity (Wildman–Crippen MR) is 90.9 cm³/mol. The first-order valence-corrected chi connectivity index (χ1v) is 8.51. The molecular weight excluding hydrogens is 286 g/mol. The molecule has 0 N–H and O–H groups in total. The summed E-state index contributed by atoms with van der Waals surface area (Å²) in [5, 5.41) is 0. The van der Waals surface area contributed by atoms with Crippen LogP contribution in [0, 0.1) is 0 Å². The SMILES string of the molecule is CC1CCCN1Cc1ccc([C@H]2COc3ccccc3O2)cc1. The van der Waals surface area contributed by atoms with E-state index in [2.05, 4.69) is 36.1 Å². The van der Waals surface area contributed by atoms with Crippen LogP contribution in [0.3, 0.4) is 0 Å². The van der Waals surface area contributed by atoms with Crippen molar-refractivity contribution in [3.8, 4) is 11.5 Å². The first-order valence-electron chi connectivity index (χ1n) is 8.51. The van der Waals surface area contributed by atoms with Gasteiger partial charge in [0, 0.05) is 12.6 Å². The fourth-order valence-electron chi connectivity index (χ4n) is 3.48. The van der Waals surface area contributed by atoms with E-state index in [-0.39, 0.29) is 6.10 Å². The van der Waals surface area contributed by atoms with Gasteiger partial charge in [-0.15, -0.1) is 0 Å². The first kappa shape index (κ1) is 14.6. The van der Waals surface area contributed by atoms with Gasteiger partial charge in [-0.05, 0) is 49.6 Å². The molecule has 3 heteroatoms. The van der Waals surface area contributed by atoms with Crippen LogP contribution in [-0.2, 0) is 6.54 Å². The van der Waals surface area contributed by atoms with E-state index in [9.17, 15) is 0 Å². The number of rotatable bonds is 3. The molecule has 2 atom stereocenters. The third kappa shape index (κ3) is 3.06. The molecule has 0 spiro atoms. The van der Waals surface area contributed by atoms with Gasteiger partial charge in [-0.25, -0.2) is 0 Å². The number of para-hydroxylation sites is 2. The van der Waals surface area contributed by atoms with Crippen molar-refractivity contribution in [1.82, 2.24) is 4.90 Å². The Kier molecular flexibility index (Phi) is 3.96. The lowest BCUT2D eigenvalue weighted by atomic mass is 10.1. The number of benzene rings is 2. The summed E-state index contributed by atoms with van der Waals surface area (Å²) < 4.78 is 11.9. The largest absolute Gasteiger partial charge is 0.485 e. The quantitative estimate of drug-likeness (QED) is 0.849. The number of hydrogen-bond donors (Lipinski definition) is 0. The van der Waals surface area contributed by atoms with Gasteiger partial charge in [0.15, 0.2) is 17.6 Å². The van der Waals surface area contributed by atoms with Gasteiger partial charge in [0.1, 0.15) is 6.61 Å². The van der Waals surface area contributed by atoms with Crippen LogP contribution in [0.4, 0.5) is 0 Å². The highest BCUT2D eigenvalue weighted by molar-refractivity contribution is 5.41. The van der Waals surface area contributed by atoms with Crippen molar-refractivity contribution in [1.29, 1.82) is 0 Å². The van der Waals surface area contributed by atoms with E-state index >= 15 is 0 Å². The van der Waals surface area contributed by atoms with E-state index in [4.69, 9.17) is 9.47 Å². The van der Waals surface area contributed by atoms with Gasteiger partial charge in [0.25, 0.3) is 0 Å². The van der Waals surface area contributed by atoms with Crippen LogP contribution in [0.1, 0.15) is 37.0 Å². The van der Waals surface area contributed by atoms with Crippen molar-refractivity contribution in [3.63, 3.8) is 0 Å². The first-order chi connectivity index (χ1) is 11.3. The minimum Gasteiger partial charge on any atom is -0.485 e. The second kappa shape index (κ2) is 6.25. The molecule has 2 aromatic carbocycles. The van der Waals surface area contributed by atoms with E-state index in [0.29, 0.717) is 12.6 Å². The molecule has 2 aromatic rings. The molecule has 0 radical (unpaired) electrons. The lowest BCUT2D eigenvalue weighted by Crippen LogP contribution is -2.26. The molecule has 0 aromatic heterocycles. The summed E-state index contributed by atoms with van der Waals surface area (Å²) in [7, 11) is 0. The van der Waals surface area contributed by atoms with Crippen molar-refractivity contribution in [3.05, 3.63) is 59.7 Å². The normalized spacial score (nSPS) is 23.9. The van der Waals surface area contributed by atoms with Crippen LogP contribution in [0.2, 0.25) is 0 Å². The molecular formula is C20H23NO2. The summed E-state index contributed by atoms with van der Waals surface area (Å²) in [4.78, 5) is 2.56. The Labute approximate surface area is 137 Å². The Bertz CT molecular complexity index is 668. The molecule has 0 bridgehead atoms. The van der Waals surface area contributed by atoms with Gasteiger partial charge >= 0.3 is 0 Å². The second-order valence-corrected chi connectivity index (χ2v) is 6.57. The van der Waals surface area contributed by atoms with Crippen LogP contribution >= 0.6 is 0 Å². The Morgan fingerprint density at radius 1 is 1.04 bits per heavy atom. The number of ether oxygens (including phenoxy) is 2. The molecule has 1 fully saturated rings. The number of hydrogen-bond acceptors (Lipinski definition) is 3. The molecule has 2 aliphatic heterocycles. The highest BCUT2D eigenvalue weighted by Crippen LogP contribution is 2.35. The summed E-state index contributed by atoms with van der Waals surface area (Å²) in [5.41, 5.74) is 2.55. The Hall–Kier alpha value is -2.00. The third-order valence-electron chi connectivity index (χ3n) is 4.94. The molecule has 120 valence electrons. The summed E-state index contributed by atoms with van der Waals surface area (Å²) in [5.74, 6) is 1.67. The maximum atomic E-state index is 6.07. The lowest BCUT2D eigenvalue weighted by molar-refractivity contribution is 0.0913. The average molecular weight is 309 g/mol. The Morgan fingerprint density at radius 3 is 2.57 bits per heavy atom. The monoisotopic (exact) mass is 309 g/mol. The number of likely N-dealkylation sites (tertiary alicyclic amines) is 1. The average Bonchev–Trinajstić information content (AvgIpc) is 3.00. The standard InChI is InChI=1S/C20H23NO2/c1-15-5-4-12-21(15)13-16-8-10-17(11-9-16)20-14-22-18-6-2-3-7-19(18)23-20/h2-3,6-11,15,20H,4-5,12-14H2,1H3/t15?,20-/m1/s1. The molecule has 0 saturated carbocycles. The zero-order valence-corrected chi connectivity index (χ0v) is 13.6. The maximum absolute atomic E-state index is 6.07. The molecule has 2 heterocycles. The van der Waals surface area contributed by atoms with Crippen molar-refractivity contribution in [2.45, 2.75) is 38.5 Å². The highest BCUT2D eigenvalue weighted by atomic mass is 16.6. The molecule has 0 amide bonds. The maximum Gasteiger partial charge on any atom is 0.162 e. The Balaban J connectivity index is 1.44. The molecule has 1 saturated heterocycles. The second-order valence-electron chi connectivity index (χ2n) is 6.57. The molecule has 0 aliphatic carbocycles. The molecule has 2 aliphatic rings. The van der Waals surface area contributed by atoms with E-state index in [1.54, 1.807) is 0 Å². The topological polar surface area (TPSA) is 21.7 Å². The lowest BCUT2D eigenvalue weighted by Gasteiger charge is -2.27. The number of fused-ring (bicyclic) bond motifs is 1. The highest BCUT2D eigenvalue weighted by Gasteiger charge is 2.23. The zero-order chi connectivity index (χ0) is 15.6. The fourth-order valence-corrected chi connectivity index (χ4v) is 3.48. The summed E-state index contributed by atoms with van der Waals surface area (Å²) in [6.45, 7) is 5.16. The van der Waals surface area contributed by atoms with E-state index in [0.717, 1.165) is 18.0 Å². The van der Waals surface area contributed by atoms with Gasteiger partial charge in [-0.3, -0.25) is 4.90 Å². The van der Waals surface area contributed by atoms with Crippen molar-refractivity contribution in [2.24, 2.45) is 0 Å². The zero-order valence-electron chi connectivity index (χ0n) is 13.6. The number of nitrogens with zero attached hydrogens (tertiary/aromatic N) is 1. The van der Waals surface area contributed by atoms with Crippen LogP contribution < -0.4 is 9.47 Å². The van der Waals surface area contributed by atoms with Gasteiger partial charge in [0.05, 0.1) is 0 Å². The van der Waals surface area contributed by atoms with Crippen LogP contribution in [0.15, 0.2) is 48.5 Å². The van der Waals surface area contributed by atoms with Crippen molar-refractivity contribution < 1.29 is 9.47 Å². The Morgan fingerprint density at radius 2 is 1.83 bits per heavy atom. The summed E-state index contributed by atoms with van der Waals surface area (Å²) in [6.07, 6.45) is 2.63. The fraction of sp³-hybridized carbons (Fsp3) is 0.400. The van der Waals surface area contributed by atoms with Crippen LogP contribution in [0.5, 0.6) is 11.5 Å². The van der Waals surface area contributed by atoms with E-state index in [1.165, 1.54) is 30.5 Å². The minimum atomic E-state index is -0.0235. The third-order valence-corrected chi connectivity index (χ3v) is 4.94. The van der Waals surface area contributed by atoms with Crippen LogP contribution in [-0.4, -0.2) is 24.1 Å². The van der Waals surface area contributed by atoms with Gasteiger partial charge in [-0.1, -0.05) is 36.4 Å². The van der Waals surface area contributed by atoms with Gasteiger partial charge in [-0.2, -0.15) is 0 Å². The smallest absolute Gasteiger partial charge is 0.162 e. The van der Waals surface area contributed by atoms with E-state index < -0.39 is 0 Å². The molecule has 4 rings (SSSR count). The predicted octanol–water partition coefficient (Wildman–Crippen LogP) is 4.18. The van der Waals surface area contributed by atoms with Crippen molar-refractivity contribution in [2.75, 3.05) is 13.2 Å². The minimum absolute atomic E-state index is 0.0235. The van der Waals surface area contributed by atoms with Crippen LogP contribution in [0.25, 0.3) is 0 Å². The molecule has 3 nitrogen and oxygen atoms in total. The summed E-state index contributed by atoms with van der Waals surface area (Å²) >= 11 is 0. The molecule has 1 unspecified atom stereocenters. The van der Waals surface area contributed by atoms with Gasteiger partial charge in [0.2, 0.25) is 0 Å². The molecule has 23 heavy (non-hydrogen) atoms. The van der Waals surface area contributed by atoms with Crippen molar-refractivity contribution >= 4 is 0 Å².